The second kappa shape index (κ2) is 7.90. The molecule has 0 spiro atoms. The molecule has 2 aromatic rings. The molecular weight excluding hydrogens is 404 g/mol. The zero-order valence-corrected chi connectivity index (χ0v) is 20.3. The Morgan fingerprint density at radius 2 is 0.867 bits per heavy atom. The first-order chi connectivity index (χ1) is 14.1. The molecule has 4 rings (SSSR count). The van der Waals surface area contributed by atoms with E-state index in [0.29, 0.717) is 0 Å². The van der Waals surface area contributed by atoms with E-state index in [0.717, 1.165) is 0 Å². The minimum Gasteiger partial charge on any atom is -0.313 e. The van der Waals surface area contributed by atoms with Gasteiger partial charge in [-0.15, -0.1) is 0 Å². The van der Waals surface area contributed by atoms with Crippen LogP contribution in [-0.4, -0.2) is 19.7 Å². The first kappa shape index (κ1) is 21.2. The van der Waals surface area contributed by atoms with Crippen LogP contribution in [-0.2, 0) is 0 Å². The molecule has 2 aromatic carbocycles. The molecule has 4 heteroatoms. The third-order valence-corrected chi connectivity index (χ3v) is 8.10. The fourth-order valence-corrected chi connectivity index (χ4v) is 5.74. The number of benzene rings is 2. The van der Waals surface area contributed by atoms with E-state index < -0.39 is 0 Å². The van der Waals surface area contributed by atoms with Gasteiger partial charge in [0.2, 0.25) is 0 Å². The molecule has 0 N–H and O–H groups in total. The van der Waals surface area contributed by atoms with E-state index in [1.807, 2.05) is 23.9 Å². The van der Waals surface area contributed by atoms with Crippen LogP contribution in [0.3, 0.4) is 0 Å². The van der Waals surface area contributed by atoms with Crippen LogP contribution in [0.15, 0.2) is 82.9 Å². The highest BCUT2D eigenvalue weighted by molar-refractivity contribution is 8.05. The van der Waals surface area contributed by atoms with Gasteiger partial charge >= 0.3 is 0 Å². The molecule has 0 bridgehead atoms. The van der Waals surface area contributed by atoms with Gasteiger partial charge in [0.05, 0.1) is 9.81 Å². The number of hydrogen-bond donors (Lipinski definition) is 0. The lowest BCUT2D eigenvalue weighted by atomic mass is 10.0. The highest BCUT2D eigenvalue weighted by Crippen LogP contribution is 2.55. The number of hydrogen-bond acceptors (Lipinski definition) is 4. The predicted octanol–water partition coefficient (Wildman–Crippen LogP) is 7.80. The van der Waals surface area contributed by atoms with Gasteiger partial charge in [-0.05, 0) is 76.6 Å². The minimum absolute atomic E-state index is 0.0383. The van der Waals surface area contributed by atoms with Crippen molar-refractivity contribution in [2.45, 2.75) is 52.6 Å². The Morgan fingerprint density at radius 3 is 1.17 bits per heavy atom. The van der Waals surface area contributed by atoms with Crippen LogP contribution < -0.4 is 0 Å². The molecule has 0 saturated heterocycles. The molecule has 0 aromatic heterocycles. The van der Waals surface area contributed by atoms with E-state index in [2.05, 4.69) is 123 Å². The van der Waals surface area contributed by atoms with Crippen molar-refractivity contribution in [2.24, 2.45) is 0 Å². The summed E-state index contributed by atoms with van der Waals surface area (Å²) in [6.45, 7) is 13.6. The molecular formula is C26H30N2S2. The molecule has 30 heavy (non-hydrogen) atoms. The van der Waals surface area contributed by atoms with Crippen LogP contribution in [0.1, 0.15) is 52.7 Å². The Balaban J connectivity index is 1.88. The predicted molar refractivity (Wildman–Crippen MR) is 134 cm³/mol. The standard InChI is InChI=1S/C26H30N2S2/c1-25(2,3)27-17-21(19-13-9-7-10-14-19)23(29-27)24-22(20-15-11-8-12-16-20)18-28(30-24)26(4,5)6/h7-18H,1-6H3/b24-23+. The largest absolute Gasteiger partial charge is 0.313 e. The second-order valence-corrected chi connectivity index (χ2v) is 11.6. The molecule has 0 unspecified atom stereocenters. The van der Waals surface area contributed by atoms with Crippen molar-refractivity contribution in [3.05, 3.63) is 94.0 Å². The summed E-state index contributed by atoms with van der Waals surface area (Å²) in [5.74, 6) is 0. The lowest BCUT2D eigenvalue weighted by molar-refractivity contribution is 0.353. The summed E-state index contributed by atoms with van der Waals surface area (Å²) < 4.78 is 4.78. The van der Waals surface area contributed by atoms with E-state index in [-0.39, 0.29) is 11.1 Å². The van der Waals surface area contributed by atoms with Gasteiger partial charge in [-0.1, -0.05) is 60.7 Å². The fourth-order valence-electron chi connectivity index (χ4n) is 3.33. The van der Waals surface area contributed by atoms with Gasteiger partial charge in [-0.2, -0.15) is 0 Å². The Kier molecular flexibility index (Phi) is 5.58. The summed E-state index contributed by atoms with van der Waals surface area (Å²) >= 11 is 3.72. The van der Waals surface area contributed by atoms with Crippen LogP contribution >= 0.6 is 23.9 Å². The van der Waals surface area contributed by atoms with Crippen molar-refractivity contribution >= 4 is 35.0 Å². The summed E-state index contributed by atoms with van der Waals surface area (Å²) in [7, 11) is 0. The number of allylic oxidation sites excluding steroid dienone is 2. The highest BCUT2D eigenvalue weighted by atomic mass is 32.2. The first-order valence-corrected chi connectivity index (χ1v) is 11.9. The van der Waals surface area contributed by atoms with Crippen molar-refractivity contribution < 1.29 is 0 Å². The monoisotopic (exact) mass is 434 g/mol. The van der Waals surface area contributed by atoms with Crippen molar-refractivity contribution in [3.8, 4) is 0 Å². The lowest BCUT2D eigenvalue weighted by Crippen LogP contribution is -2.30. The lowest BCUT2D eigenvalue weighted by Gasteiger charge is -2.31. The van der Waals surface area contributed by atoms with Gasteiger partial charge < -0.3 is 8.61 Å². The van der Waals surface area contributed by atoms with E-state index in [4.69, 9.17) is 0 Å². The van der Waals surface area contributed by atoms with Crippen molar-refractivity contribution in [1.82, 2.24) is 8.61 Å². The van der Waals surface area contributed by atoms with Gasteiger partial charge in [0, 0.05) is 34.6 Å². The molecule has 0 radical (unpaired) electrons. The molecule has 0 atom stereocenters. The molecule has 2 aliphatic heterocycles. The van der Waals surface area contributed by atoms with Crippen molar-refractivity contribution in [2.75, 3.05) is 0 Å². The van der Waals surface area contributed by atoms with Crippen LogP contribution in [0.4, 0.5) is 0 Å². The SMILES string of the molecule is CC(C)(C)N1C=C(c2ccccc2)/C(=C2\SN(C(C)(C)C)C=C2c2ccccc2)S1. The van der Waals surface area contributed by atoms with Gasteiger partial charge in [-0.25, -0.2) is 0 Å². The Bertz CT molecular complexity index is 923. The maximum atomic E-state index is 2.39. The van der Waals surface area contributed by atoms with E-state index in [9.17, 15) is 0 Å². The van der Waals surface area contributed by atoms with E-state index in [1.165, 1.54) is 32.1 Å². The topological polar surface area (TPSA) is 6.48 Å². The average Bonchev–Trinajstić information content (AvgIpc) is 3.33. The Labute approximate surface area is 190 Å². The third kappa shape index (κ3) is 4.21. The molecule has 2 heterocycles. The van der Waals surface area contributed by atoms with Gasteiger partial charge in [0.25, 0.3) is 0 Å². The molecule has 2 aliphatic rings. The third-order valence-electron chi connectivity index (χ3n) is 5.06. The Hall–Kier alpha value is -2.04. The molecule has 0 aliphatic carbocycles. The van der Waals surface area contributed by atoms with Gasteiger partial charge in [0.1, 0.15) is 0 Å². The average molecular weight is 435 g/mol. The zero-order chi connectivity index (χ0) is 21.5. The summed E-state index contributed by atoms with van der Waals surface area (Å²) in [6.07, 6.45) is 4.65. The molecule has 0 saturated carbocycles. The number of rotatable bonds is 2. The normalized spacial score (nSPS) is 19.9. The molecule has 156 valence electrons. The number of nitrogens with zero attached hydrogens (tertiary/aromatic N) is 2. The molecule has 0 amide bonds. The quantitative estimate of drug-likeness (QED) is 0.445. The summed E-state index contributed by atoms with van der Waals surface area (Å²) in [4.78, 5) is 2.67. The summed E-state index contributed by atoms with van der Waals surface area (Å²) in [6, 6.07) is 21.5. The highest BCUT2D eigenvalue weighted by Gasteiger charge is 2.36. The van der Waals surface area contributed by atoms with Gasteiger partial charge in [0.15, 0.2) is 0 Å². The van der Waals surface area contributed by atoms with Crippen molar-refractivity contribution in [1.29, 1.82) is 0 Å². The smallest absolute Gasteiger partial charge is 0.0541 e. The first-order valence-electron chi connectivity index (χ1n) is 10.4. The van der Waals surface area contributed by atoms with Crippen molar-refractivity contribution in [3.63, 3.8) is 0 Å². The summed E-state index contributed by atoms with van der Waals surface area (Å²) in [5.41, 5.74) is 5.21. The second-order valence-electron chi connectivity index (χ2n) is 9.65. The van der Waals surface area contributed by atoms with E-state index in [1.54, 1.807) is 0 Å². The zero-order valence-electron chi connectivity index (χ0n) is 18.6. The maximum absolute atomic E-state index is 2.39. The molecule has 0 fully saturated rings. The Morgan fingerprint density at radius 1 is 0.533 bits per heavy atom. The van der Waals surface area contributed by atoms with Gasteiger partial charge in [-0.3, -0.25) is 0 Å². The summed E-state index contributed by atoms with van der Waals surface area (Å²) in [5, 5.41) is 0. The van der Waals surface area contributed by atoms with Crippen LogP contribution in [0.2, 0.25) is 0 Å². The van der Waals surface area contributed by atoms with E-state index >= 15 is 0 Å². The van der Waals surface area contributed by atoms with Crippen LogP contribution in [0.25, 0.3) is 11.1 Å². The molecule has 2 nitrogen and oxygen atoms in total. The fraction of sp³-hybridized carbons (Fsp3) is 0.308. The van der Waals surface area contributed by atoms with Crippen LogP contribution in [0.5, 0.6) is 0 Å². The van der Waals surface area contributed by atoms with Crippen LogP contribution in [0, 0.1) is 0 Å². The minimum atomic E-state index is 0.0383. The maximum Gasteiger partial charge on any atom is 0.0541 e.